The number of hydrogen-bond donors (Lipinski definition) is 1. The first-order valence-electron chi connectivity index (χ1n) is 4.36. The molecule has 1 aromatic carbocycles. The van der Waals surface area contributed by atoms with Gasteiger partial charge in [-0.3, -0.25) is 5.10 Å². The zero-order valence-corrected chi connectivity index (χ0v) is 8.22. The van der Waals surface area contributed by atoms with Crippen LogP contribution in [0, 0.1) is 6.92 Å². The second-order valence-corrected chi connectivity index (χ2v) is 3.32. The summed E-state index contributed by atoms with van der Waals surface area (Å²) in [6.45, 7) is 1.48. The highest BCUT2D eigenvalue weighted by molar-refractivity contribution is 6.40. The first-order valence-corrected chi connectivity index (χ1v) is 4.36. The molecule has 0 fully saturated rings. The SMILES string of the molecule is [B]c1c(OC(F)(F)F)c(C)cc2[nH]ncc12. The van der Waals surface area contributed by atoms with Crippen LogP contribution in [-0.4, -0.2) is 24.4 Å². The zero-order valence-electron chi connectivity index (χ0n) is 8.22. The lowest BCUT2D eigenvalue weighted by atomic mass is 9.89. The average Bonchev–Trinajstić information content (AvgIpc) is 2.58. The fourth-order valence-corrected chi connectivity index (χ4v) is 1.49. The molecule has 16 heavy (non-hydrogen) atoms. The van der Waals surface area contributed by atoms with Crippen molar-refractivity contribution in [2.24, 2.45) is 0 Å². The Bertz CT molecular complexity index is 535. The van der Waals surface area contributed by atoms with E-state index in [2.05, 4.69) is 14.9 Å². The number of aromatic amines is 1. The summed E-state index contributed by atoms with van der Waals surface area (Å²) in [7, 11) is 5.59. The minimum Gasteiger partial charge on any atom is -0.406 e. The number of alkyl halides is 3. The van der Waals surface area contributed by atoms with Gasteiger partial charge in [0.1, 0.15) is 13.6 Å². The van der Waals surface area contributed by atoms with Gasteiger partial charge in [0.05, 0.1) is 11.7 Å². The fourth-order valence-electron chi connectivity index (χ4n) is 1.49. The Labute approximate surface area is 90.0 Å². The summed E-state index contributed by atoms with van der Waals surface area (Å²) in [6, 6.07) is 1.50. The summed E-state index contributed by atoms with van der Waals surface area (Å²) >= 11 is 0. The summed E-state index contributed by atoms with van der Waals surface area (Å²) in [6.07, 6.45) is -3.40. The molecule has 7 heteroatoms. The van der Waals surface area contributed by atoms with Gasteiger partial charge in [0, 0.05) is 5.39 Å². The van der Waals surface area contributed by atoms with E-state index in [-0.39, 0.29) is 11.2 Å². The molecule has 1 N–H and O–H groups in total. The van der Waals surface area contributed by atoms with Gasteiger partial charge >= 0.3 is 6.36 Å². The van der Waals surface area contributed by atoms with Crippen LogP contribution in [0.25, 0.3) is 10.9 Å². The molecule has 0 amide bonds. The van der Waals surface area contributed by atoms with Gasteiger partial charge in [0.2, 0.25) is 0 Å². The normalized spacial score (nSPS) is 12.0. The number of aryl methyl sites for hydroxylation is 1. The van der Waals surface area contributed by atoms with E-state index in [1.54, 1.807) is 0 Å². The minimum absolute atomic E-state index is 0.0684. The lowest BCUT2D eigenvalue weighted by Crippen LogP contribution is -2.23. The van der Waals surface area contributed by atoms with Crippen molar-refractivity contribution < 1.29 is 17.9 Å². The highest BCUT2D eigenvalue weighted by Crippen LogP contribution is 2.26. The Balaban J connectivity index is 2.59. The van der Waals surface area contributed by atoms with Crippen LogP contribution in [0.2, 0.25) is 0 Å². The highest BCUT2D eigenvalue weighted by atomic mass is 19.4. The molecule has 3 nitrogen and oxygen atoms in total. The first kappa shape index (κ1) is 10.8. The van der Waals surface area contributed by atoms with Crippen LogP contribution in [-0.2, 0) is 0 Å². The molecule has 0 saturated carbocycles. The van der Waals surface area contributed by atoms with Gasteiger partial charge in [-0.1, -0.05) is 0 Å². The number of nitrogens with zero attached hydrogens (tertiary/aromatic N) is 1. The molecule has 82 valence electrons. The van der Waals surface area contributed by atoms with Crippen LogP contribution < -0.4 is 10.2 Å². The number of H-pyrrole nitrogens is 1. The molecule has 0 saturated heterocycles. The van der Waals surface area contributed by atoms with Crippen molar-refractivity contribution in [1.29, 1.82) is 0 Å². The third kappa shape index (κ3) is 1.85. The maximum atomic E-state index is 12.1. The Morgan fingerprint density at radius 2 is 2.12 bits per heavy atom. The van der Waals surface area contributed by atoms with E-state index < -0.39 is 6.36 Å². The molecule has 0 aliphatic rings. The largest absolute Gasteiger partial charge is 0.573 e. The van der Waals surface area contributed by atoms with Crippen LogP contribution in [0.15, 0.2) is 12.3 Å². The molecule has 0 bridgehead atoms. The van der Waals surface area contributed by atoms with Crippen LogP contribution in [0.3, 0.4) is 0 Å². The number of halogens is 3. The smallest absolute Gasteiger partial charge is 0.406 e. The van der Waals surface area contributed by atoms with Gasteiger partial charge in [0.25, 0.3) is 0 Å². The zero-order chi connectivity index (χ0) is 11.9. The van der Waals surface area contributed by atoms with Gasteiger partial charge in [-0.2, -0.15) is 5.10 Å². The predicted octanol–water partition coefficient (Wildman–Crippen LogP) is 1.56. The molecule has 0 spiro atoms. The van der Waals surface area contributed by atoms with Crippen LogP contribution in [0.4, 0.5) is 13.2 Å². The van der Waals surface area contributed by atoms with E-state index in [4.69, 9.17) is 7.85 Å². The average molecular weight is 226 g/mol. The van der Waals surface area contributed by atoms with Gasteiger partial charge in [-0.05, 0) is 24.0 Å². The molecule has 2 rings (SSSR count). The van der Waals surface area contributed by atoms with E-state index in [0.717, 1.165) is 0 Å². The maximum Gasteiger partial charge on any atom is 0.573 e. The minimum atomic E-state index is -4.75. The number of hydrogen-bond acceptors (Lipinski definition) is 2. The standard InChI is InChI=1S/C9H6BF3N2O/c1-4-2-6-5(3-14-15-6)7(10)8(4)16-9(11,12)13/h2-3H,1H3,(H,14,15). The molecule has 0 atom stereocenters. The van der Waals surface area contributed by atoms with Crippen molar-refractivity contribution in [2.45, 2.75) is 13.3 Å². The Hall–Kier alpha value is -1.66. The number of aromatic nitrogens is 2. The van der Waals surface area contributed by atoms with E-state index in [1.807, 2.05) is 0 Å². The molecule has 0 aliphatic heterocycles. The van der Waals surface area contributed by atoms with Crippen molar-refractivity contribution in [2.75, 3.05) is 0 Å². The van der Waals surface area contributed by atoms with Crippen molar-refractivity contribution in [3.63, 3.8) is 0 Å². The molecular weight excluding hydrogens is 220 g/mol. The monoisotopic (exact) mass is 226 g/mol. The van der Waals surface area contributed by atoms with E-state index >= 15 is 0 Å². The number of fused-ring (bicyclic) bond motifs is 1. The van der Waals surface area contributed by atoms with Crippen LogP contribution in [0.5, 0.6) is 5.75 Å². The van der Waals surface area contributed by atoms with Gasteiger partial charge in [-0.25, -0.2) is 0 Å². The first-order chi connectivity index (χ1) is 7.38. The Morgan fingerprint density at radius 1 is 1.44 bits per heavy atom. The highest BCUT2D eigenvalue weighted by Gasteiger charge is 2.32. The van der Waals surface area contributed by atoms with Gasteiger partial charge < -0.3 is 4.74 Å². The van der Waals surface area contributed by atoms with Crippen molar-refractivity contribution in [3.8, 4) is 5.75 Å². The van der Waals surface area contributed by atoms with Crippen LogP contribution >= 0.6 is 0 Å². The molecule has 1 aromatic heterocycles. The quantitative estimate of drug-likeness (QED) is 0.749. The van der Waals surface area contributed by atoms with E-state index in [9.17, 15) is 13.2 Å². The third-order valence-electron chi connectivity index (χ3n) is 2.14. The second kappa shape index (κ2) is 3.43. The molecule has 0 unspecified atom stereocenters. The van der Waals surface area contributed by atoms with Crippen molar-refractivity contribution in [1.82, 2.24) is 10.2 Å². The fraction of sp³-hybridized carbons (Fsp3) is 0.222. The van der Waals surface area contributed by atoms with E-state index in [0.29, 0.717) is 16.5 Å². The molecule has 2 aromatic rings. The Morgan fingerprint density at radius 3 is 2.75 bits per heavy atom. The second-order valence-electron chi connectivity index (χ2n) is 3.32. The van der Waals surface area contributed by atoms with E-state index in [1.165, 1.54) is 19.2 Å². The maximum absolute atomic E-state index is 12.1. The lowest BCUT2D eigenvalue weighted by Gasteiger charge is -2.14. The molecule has 2 radical (unpaired) electrons. The van der Waals surface area contributed by atoms with Crippen molar-refractivity contribution in [3.05, 3.63) is 17.8 Å². The topological polar surface area (TPSA) is 37.9 Å². The van der Waals surface area contributed by atoms with Crippen LogP contribution in [0.1, 0.15) is 5.56 Å². The summed E-state index contributed by atoms with van der Waals surface area (Å²) in [4.78, 5) is 0. The van der Waals surface area contributed by atoms with Crippen molar-refractivity contribution >= 4 is 24.2 Å². The summed E-state index contributed by atoms with van der Waals surface area (Å²) in [5.74, 6) is -0.374. The summed E-state index contributed by atoms with van der Waals surface area (Å²) < 4.78 is 40.3. The Kier molecular flexibility index (Phi) is 2.33. The number of nitrogens with one attached hydrogen (secondary N) is 1. The number of ether oxygens (including phenoxy) is 1. The number of benzene rings is 1. The third-order valence-corrected chi connectivity index (χ3v) is 2.14. The molecular formula is C9H6BF3N2O. The number of rotatable bonds is 1. The lowest BCUT2D eigenvalue weighted by molar-refractivity contribution is -0.274. The molecule has 0 aliphatic carbocycles. The van der Waals surface area contributed by atoms with Gasteiger partial charge in [-0.15, -0.1) is 13.2 Å². The summed E-state index contributed by atoms with van der Waals surface area (Å²) in [5, 5.41) is 6.73. The summed E-state index contributed by atoms with van der Waals surface area (Å²) in [5.41, 5.74) is 0.803. The molecule has 1 heterocycles. The van der Waals surface area contributed by atoms with Gasteiger partial charge in [0.15, 0.2) is 0 Å². The predicted molar refractivity (Wildman–Crippen MR) is 52.9 cm³/mol.